The maximum atomic E-state index is 5.53. The summed E-state index contributed by atoms with van der Waals surface area (Å²) in [6, 6.07) is 9.14. The highest BCUT2D eigenvalue weighted by atomic mass is 16.5. The van der Waals surface area contributed by atoms with E-state index in [1.54, 1.807) is 0 Å². The van der Waals surface area contributed by atoms with Crippen LogP contribution in [0.5, 0.6) is 5.75 Å². The van der Waals surface area contributed by atoms with Gasteiger partial charge in [0.25, 0.3) is 0 Å². The minimum absolute atomic E-state index is 0.660. The molecule has 2 saturated carbocycles. The maximum Gasteiger partial charge on any atom is 0.119 e. The lowest BCUT2D eigenvalue weighted by Crippen LogP contribution is -2.27. The molecule has 2 nitrogen and oxygen atoms in total. The minimum Gasteiger partial charge on any atom is -0.494 e. The van der Waals surface area contributed by atoms with Crippen molar-refractivity contribution in [2.24, 2.45) is 11.8 Å². The van der Waals surface area contributed by atoms with Gasteiger partial charge in [-0.25, -0.2) is 0 Å². The number of rotatable bonds is 7. The van der Waals surface area contributed by atoms with Gasteiger partial charge in [-0.15, -0.1) is 0 Å². The maximum absolute atomic E-state index is 5.53. The number of benzene rings is 1. The zero-order valence-electron chi connectivity index (χ0n) is 15.4. The zero-order chi connectivity index (χ0) is 16.6. The molecule has 3 rings (SSSR count). The second-order valence-corrected chi connectivity index (χ2v) is 7.91. The first kappa shape index (κ1) is 17.6. The van der Waals surface area contributed by atoms with Gasteiger partial charge in [0.15, 0.2) is 0 Å². The molecular formula is C22H35NO. The fraction of sp³-hybridized carbons (Fsp3) is 0.727. The number of hydrogen-bond acceptors (Lipinski definition) is 2. The highest BCUT2D eigenvalue weighted by Crippen LogP contribution is 2.34. The van der Waals surface area contributed by atoms with Gasteiger partial charge in [0.1, 0.15) is 5.75 Å². The Labute approximate surface area is 148 Å². The minimum atomic E-state index is 0.660. The molecule has 0 aliphatic heterocycles. The average molecular weight is 330 g/mol. The van der Waals surface area contributed by atoms with Crippen molar-refractivity contribution in [3.8, 4) is 5.75 Å². The van der Waals surface area contributed by atoms with Crippen LogP contribution in [0.1, 0.15) is 77.6 Å². The van der Waals surface area contributed by atoms with Crippen LogP contribution in [-0.2, 0) is 0 Å². The van der Waals surface area contributed by atoms with Crippen LogP contribution in [0.25, 0.3) is 0 Å². The third kappa shape index (κ3) is 5.43. The molecule has 1 aromatic rings. The Hall–Kier alpha value is -1.18. The van der Waals surface area contributed by atoms with Crippen molar-refractivity contribution in [1.82, 2.24) is 0 Å². The lowest BCUT2D eigenvalue weighted by molar-refractivity contribution is 0.264. The van der Waals surface area contributed by atoms with Crippen molar-refractivity contribution in [2.45, 2.75) is 83.6 Å². The molecule has 2 aliphatic rings. The van der Waals surface area contributed by atoms with E-state index in [1.807, 2.05) is 6.92 Å². The molecule has 0 amide bonds. The fourth-order valence-electron chi connectivity index (χ4n) is 4.68. The Kier molecular flexibility index (Phi) is 6.86. The molecule has 0 heterocycles. The Morgan fingerprint density at radius 1 is 0.875 bits per heavy atom. The molecule has 0 saturated heterocycles. The number of hydrogen-bond donors (Lipinski definition) is 1. The molecule has 134 valence electrons. The van der Waals surface area contributed by atoms with E-state index in [2.05, 4.69) is 29.6 Å². The van der Waals surface area contributed by atoms with Crippen LogP contribution in [0.2, 0.25) is 0 Å². The number of anilines is 1. The molecule has 0 unspecified atom stereocenters. The van der Waals surface area contributed by atoms with Crippen LogP contribution in [0, 0.1) is 11.8 Å². The Morgan fingerprint density at radius 3 is 2.33 bits per heavy atom. The summed E-state index contributed by atoms with van der Waals surface area (Å²) in [6.45, 7) is 2.76. The Bertz CT molecular complexity index is 463. The van der Waals surface area contributed by atoms with Gasteiger partial charge < -0.3 is 10.1 Å². The van der Waals surface area contributed by atoms with Gasteiger partial charge in [0.05, 0.1) is 6.61 Å². The normalized spacial score (nSPS) is 25.4. The lowest BCUT2D eigenvalue weighted by Gasteiger charge is -2.32. The van der Waals surface area contributed by atoms with E-state index < -0.39 is 0 Å². The Balaban J connectivity index is 1.42. The quantitative estimate of drug-likeness (QED) is 0.623. The molecule has 2 heteroatoms. The smallest absolute Gasteiger partial charge is 0.119 e. The van der Waals surface area contributed by atoms with Crippen molar-refractivity contribution >= 4 is 5.69 Å². The highest BCUT2D eigenvalue weighted by Gasteiger charge is 2.23. The first-order valence-electron chi connectivity index (χ1n) is 10.3. The first-order chi connectivity index (χ1) is 11.8. The second-order valence-electron chi connectivity index (χ2n) is 7.91. The topological polar surface area (TPSA) is 21.3 Å². The second kappa shape index (κ2) is 9.34. The summed E-state index contributed by atoms with van der Waals surface area (Å²) < 4.78 is 5.53. The number of nitrogens with one attached hydrogen (secondary N) is 1. The average Bonchev–Trinajstić information content (AvgIpc) is 2.63. The molecular weight excluding hydrogens is 294 g/mol. The van der Waals surface area contributed by atoms with Crippen LogP contribution >= 0.6 is 0 Å². The number of ether oxygens (including phenoxy) is 1. The van der Waals surface area contributed by atoms with Crippen LogP contribution in [-0.4, -0.2) is 12.6 Å². The van der Waals surface area contributed by atoms with Crippen molar-refractivity contribution < 1.29 is 4.74 Å². The first-order valence-corrected chi connectivity index (χ1v) is 10.3. The summed E-state index contributed by atoms with van der Waals surface area (Å²) >= 11 is 0. The van der Waals surface area contributed by atoms with Crippen LogP contribution in [0.4, 0.5) is 5.69 Å². The summed E-state index contributed by atoms with van der Waals surface area (Å²) in [7, 11) is 0. The van der Waals surface area contributed by atoms with E-state index in [-0.39, 0.29) is 0 Å². The third-order valence-corrected chi connectivity index (χ3v) is 6.03. The van der Waals surface area contributed by atoms with Gasteiger partial charge in [-0.3, -0.25) is 0 Å². The standard InChI is InChI=1S/C22H35NO/c1-2-24-22-15-13-20(14-16-22)23-21-10-6-9-19(17-21)12-11-18-7-4-3-5-8-18/h13-16,18-19,21,23H,2-12,17H2,1H3/t19-,21-/m1/s1. The molecule has 24 heavy (non-hydrogen) atoms. The molecule has 2 fully saturated rings. The van der Waals surface area contributed by atoms with Gasteiger partial charge in [0, 0.05) is 11.7 Å². The lowest BCUT2D eigenvalue weighted by atomic mass is 9.79. The molecule has 0 bridgehead atoms. The van der Waals surface area contributed by atoms with Crippen molar-refractivity contribution in [1.29, 1.82) is 0 Å². The predicted molar refractivity (Wildman–Crippen MR) is 103 cm³/mol. The van der Waals surface area contributed by atoms with Crippen LogP contribution < -0.4 is 10.1 Å². The van der Waals surface area contributed by atoms with Gasteiger partial charge >= 0.3 is 0 Å². The van der Waals surface area contributed by atoms with E-state index in [0.29, 0.717) is 6.04 Å². The van der Waals surface area contributed by atoms with Crippen molar-refractivity contribution in [3.63, 3.8) is 0 Å². The molecule has 2 atom stereocenters. The largest absolute Gasteiger partial charge is 0.494 e. The molecule has 0 spiro atoms. The van der Waals surface area contributed by atoms with Gasteiger partial charge in [-0.1, -0.05) is 57.8 Å². The van der Waals surface area contributed by atoms with E-state index in [1.165, 1.54) is 76.3 Å². The zero-order valence-corrected chi connectivity index (χ0v) is 15.4. The monoisotopic (exact) mass is 329 g/mol. The third-order valence-electron chi connectivity index (χ3n) is 6.03. The molecule has 1 N–H and O–H groups in total. The molecule has 1 aromatic carbocycles. The summed E-state index contributed by atoms with van der Waals surface area (Å²) in [6.07, 6.45) is 15.9. The van der Waals surface area contributed by atoms with Crippen molar-refractivity contribution in [3.05, 3.63) is 24.3 Å². The SMILES string of the molecule is CCOc1ccc(N[C@@H]2CCC[C@H](CCC3CCCCC3)C2)cc1. The van der Waals surface area contributed by atoms with Crippen LogP contribution in [0.15, 0.2) is 24.3 Å². The summed E-state index contributed by atoms with van der Waals surface area (Å²) in [5.41, 5.74) is 1.25. The highest BCUT2D eigenvalue weighted by molar-refractivity contribution is 5.47. The molecule has 0 radical (unpaired) electrons. The van der Waals surface area contributed by atoms with E-state index in [0.717, 1.165) is 24.2 Å². The van der Waals surface area contributed by atoms with E-state index in [4.69, 9.17) is 4.74 Å². The molecule has 2 aliphatic carbocycles. The van der Waals surface area contributed by atoms with Gasteiger partial charge in [-0.2, -0.15) is 0 Å². The summed E-state index contributed by atoms with van der Waals surface area (Å²) in [5.74, 6) is 2.95. The molecule has 0 aromatic heterocycles. The van der Waals surface area contributed by atoms with Gasteiger partial charge in [0.2, 0.25) is 0 Å². The summed E-state index contributed by atoms with van der Waals surface area (Å²) in [4.78, 5) is 0. The van der Waals surface area contributed by atoms with Crippen LogP contribution in [0.3, 0.4) is 0 Å². The predicted octanol–water partition coefficient (Wildman–Crippen LogP) is 6.42. The summed E-state index contributed by atoms with van der Waals surface area (Å²) in [5, 5.41) is 3.76. The van der Waals surface area contributed by atoms with E-state index in [9.17, 15) is 0 Å². The van der Waals surface area contributed by atoms with Gasteiger partial charge in [-0.05, 0) is 55.9 Å². The van der Waals surface area contributed by atoms with E-state index >= 15 is 0 Å². The fourth-order valence-corrected chi connectivity index (χ4v) is 4.68. The Morgan fingerprint density at radius 2 is 1.58 bits per heavy atom. The van der Waals surface area contributed by atoms with Crippen molar-refractivity contribution in [2.75, 3.05) is 11.9 Å².